The van der Waals surface area contributed by atoms with Crippen molar-refractivity contribution in [2.45, 2.75) is 23.8 Å². The molecule has 132 valence electrons. The lowest BCUT2D eigenvalue weighted by Crippen LogP contribution is -2.31. The topological polar surface area (TPSA) is 68.3 Å². The molecule has 0 aliphatic carbocycles. The van der Waals surface area contributed by atoms with E-state index in [1.807, 2.05) is 32.0 Å². The van der Waals surface area contributed by atoms with E-state index in [4.69, 9.17) is 16.3 Å². The summed E-state index contributed by atoms with van der Waals surface area (Å²) in [7, 11) is 0. The molecule has 0 atom stereocenters. The zero-order valence-electron chi connectivity index (χ0n) is 14.0. The first-order chi connectivity index (χ1) is 12.0. The monoisotopic (exact) mass is 378 g/mol. The molecule has 0 fully saturated rings. The summed E-state index contributed by atoms with van der Waals surface area (Å²) >= 11 is 7.42. The Balaban J connectivity index is 2.03. The number of halogens is 1. The van der Waals surface area contributed by atoms with Crippen molar-refractivity contribution < 1.29 is 14.3 Å². The Labute approximate surface area is 156 Å². The van der Waals surface area contributed by atoms with Gasteiger partial charge in [0.05, 0.1) is 10.6 Å². The highest BCUT2D eigenvalue weighted by Gasteiger charge is 2.17. The molecule has 1 aromatic carbocycles. The lowest BCUT2D eigenvalue weighted by Gasteiger charge is -2.10. The van der Waals surface area contributed by atoms with E-state index in [9.17, 15) is 9.59 Å². The summed E-state index contributed by atoms with van der Waals surface area (Å²) in [5.41, 5.74) is 0.295. The maximum Gasteiger partial charge on any atom is 0.341 e. The Morgan fingerprint density at radius 3 is 2.72 bits per heavy atom. The van der Waals surface area contributed by atoms with Crippen LogP contribution in [0.15, 0.2) is 52.5 Å². The first-order valence-electron chi connectivity index (χ1n) is 7.78. The van der Waals surface area contributed by atoms with Gasteiger partial charge in [-0.2, -0.15) is 0 Å². The van der Waals surface area contributed by atoms with Crippen LogP contribution in [0.4, 0.5) is 0 Å². The molecule has 1 aromatic heterocycles. The Bertz CT molecular complexity index is 753. The molecule has 25 heavy (non-hydrogen) atoms. The average molecular weight is 379 g/mol. The van der Waals surface area contributed by atoms with Gasteiger partial charge < -0.3 is 10.1 Å². The lowest BCUT2D eigenvalue weighted by molar-refractivity contribution is -0.124. The summed E-state index contributed by atoms with van der Waals surface area (Å²) in [5.74, 6) is -0.592. The Hall–Kier alpha value is -2.05. The van der Waals surface area contributed by atoms with Crippen molar-refractivity contribution in [1.29, 1.82) is 0 Å². The van der Waals surface area contributed by atoms with Gasteiger partial charge in [-0.25, -0.2) is 9.78 Å². The largest absolute Gasteiger partial charge is 0.452 e. The van der Waals surface area contributed by atoms with Crippen LogP contribution in [0.3, 0.4) is 0 Å². The van der Waals surface area contributed by atoms with Crippen molar-refractivity contribution in [1.82, 2.24) is 10.3 Å². The standard InChI is InChI=1S/C18H19ClN2O3S/c1-12(2)10-21-16(22)11-24-18(23)13-6-5-9-20-17(13)25-15-8-4-3-7-14(15)19/h3-9,12H,10-11H2,1-2H3,(H,21,22). The van der Waals surface area contributed by atoms with E-state index >= 15 is 0 Å². The predicted octanol–water partition coefficient (Wildman–Crippen LogP) is 3.82. The molecule has 1 N–H and O–H groups in total. The van der Waals surface area contributed by atoms with Crippen molar-refractivity contribution in [3.63, 3.8) is 0 Å². The highest BCUT2D eigenvalue weighted by molar-refractivity contribution is 7.99. The molecule has 0 spiro atoms. The van der Waals surface area contributed by atoms with Gasteiger partial charge in [0, 0.05) is 17.6 Å². The quantitative estimate of drug-likeness (QED) is 0.742. The maximum absolute atomic E-state index is 12.3. The van der Waals surface area contributed by atoms with Gasteiger partial charge in [-0.3, -0.25) is 4.79 Å². The summed E-state index contributed by atoms with van der Waals surface area (Å²) in [4.78, 5) is 29.0. The number of benzene rings is 1. The number of carbonyl (C=O) groups is 2. The van der Waals surface area contributed by atoms with E-state index in [-0.39, 0.29) is 12.5 Å². The number of ether oxygens (including phenoxy) is 1. The van der Waals surface area contributed by atoms with Gasteiger partial charge in [0.2, 0.25) is 0 Å². The Morgan fingerprint density at radius 1 is 1.24 bits per heavy atom. The first kappa shape index (κ1) is 19.3. The second-order valence-electron chi connectivity index (χ2n) is 5.66. The third kappa shape index (κ3) is 6.07. The van der Waals surface area contributed by atoms with Gasteiger partial charge >= 0.3 is 5.97 Å². The van der Waals surface area contributed by atoms with Crippen molar-refractivity contribution in [3.05, 3.63) is 53.2 Å². The third-order valence-corrected chi connectivity index (χ3v) is 4.61. The number of esters is 1. The van der Waals surface area contributed by atoms with Gasteiger partial charge in [-0.05, 0) is 30.2 Å². The van der Waals surface area contributed by atoms with E-state index in [0.717, 1.165) is 4.90 Å². The van der Waals surface area contributed by atoms with Crippen LogP contribution < -0.4 is 5.32 Å². The fourth-order valence-corrected chi connectivity index (χ4v) is 2.98. The zero-order chi connectivity index (χ0) is 18.2. The molecule has 0 aliphatic rings. The molecule has 0 aliphatic heterocycles. The molecule has 7 heteroatoms. The highest BCUT2D eigenvalue weighted by atomic mass is 35.5. The van der Waals surface area contributed by atoms with Crippen molar-refractivity contribution >= 4 is 35.2 Å². The first-order valence-corrected chi connectivity index (χ1v) is 8.98. The molecule has 0 unspecified atom stereocenters. The smallest absolute Gasteiger partial charge is 0.341 e. The number of hydrogen-bond donors (Lipinski definition) is 1. The lowest BCUT2D eigenvalue weighted by atomic mass is 10.2. The fourth-order valence-electron chi connectivity index (χ4n) is 1.84. The minimum Gasteiger partial charge on any atom is -0.452 e. The fraction of sp³-hybridized carbons (Fsp3) is 0.278. The van der Waals surface area contributed by atoms with Gasteiger partial charge in [-0.1, -0.05) is 49.3 Å². The van der Waals surface area contributed by atoms with E-state index in [2.05, 4.69) is 10.3 Å². The zero-order valence-corrected chi connectivity index (χ0v) is 15.6. The van der Waals surface area contributed by atoms with Crippen LogP contribution in [-0.2, 0) is 9.53 Å². The number of nitrogens with one attached hydrogen (secondary N) is 1. The SMILES string of the molecule is CC(C)CNC(=O)COC(=O)c1cccnc1Sc1ccccc1Cl. The number of pyridine rings is 1. The maximum atomic E-state index is 12.3. The summed E-state index contributed by atoms with van der Waals surface area (Å²) in [6.45, 7) is 4.19. The molecule has 2 rings (SSSR count). The number of aromatic nitrogens is 1. The van der Waals surface area contributed by atoms with Crippen LogP contribution in [0, 0.1) is 5.92 Å². The molecule has 0 bridgehead atoms. The van der Waals surface area contributed by atoms with E-state index in [1.165, 1.54) is 11.8 Å². The summed E-state index contributed by atoms with van der Waals surface area (Å²) in [6, 6.07) is 10.6. The molecule has 1 amide bonds. The van der Waals surface area contributed by atoms with Gasteiger partial charge in [0.25, 0.3) is 5.91 Å². The summed E-state index contributed by atoms with van der Waals surface area (Å²) in [6.07, 6.45) is 1.59. The normalized spacial score (nSPS) is 10.6. The second kappa shape index (κ2) is 9.44. The van der Waals surface area contributed by atoms with Crippen LogP contribution in [0.5, 0.6) is 0 Å². The van der Waals surface area contributed by atoms with Crippen molar-refractivity contribution in [2.24, 2.45) is 5.92 Å². The van der Waals surface area contributed by atoms with E-state index in [0.29, 0.717) is 28.1 Å². The number of amides is 1. The number of nitrogens with zero attached hydrogens (tertiary/aromatic N) is 1. The third-order valence-electron chi connectivity index (χ3n) is 3.08. The van der Waals surface area contributed by atoms with Crippen LogP contribution >= 0.6 is 23.4 Å². The van der Waals surface area contributed by atoms with Gasteiger partial charge in [0.1, 0.15) is 5.03 Å². The van der Waals surface area contributed by atoms with Crippen LogP contribution in [0.2, 0.25) is 5.02 Å². The Morgan fingerprint density at radius 2 is 2.00 bits per heavy atom. The summed E-state index contributed by atoms with van der Waals surface area (Å²) < 4.78 is 5.09. The van der Waals surface area contributed by atoms with E-state index < -0.39 is 5.97 Å². The Kier molecular flexibility index (Phi) is 7.28. The molecular weight excluding hydrogens is 360 g/mol. The minimum atomic E-state index is -0.595. The summed E-state index contributed by atoms with van der Waals surface area (Å²) in [5, 5.41) is 3.75. The predicted molar refractivity (Wildman–Crippen MR) is 97.9 cm³/mol. The molecule has 2 aromatic rings. The molecule has 0 saturated heterocycles. The van der Waals surface area contributed by atoms with Crippen LogP contribution in [-0.4, -0.2) is 30.0 Å². The minimum absolute atomic E-state index is 0.295. The van der Waals surface area contributed by atoms with Gasteiger partial charge in [-0.15, -0.1) is 0 Å². The van der Waals surface area contributed by atoms with Crippen LogP contribution in [0.1, 0.15) is 24.2 Å². The van der Waals surface area contributed by atoms with Crippen molar-refractivity contribution in [2.75, 3.05) is 13.2 Å². The molecule has 0 saturated carbocycles. The molecular formula is C18H19ClN2O3S. The molecule has 5 nitrogen and oxygen atoms in total. The average Bonchev–Trinajstić information content (AvgIpc) is 2.60. The van der Waals surface area contributed by atoms with E-state index in [1.54, 1.807) is 24.4 Å². The number of carbonyl (C=O) groups excluding carboxylic acids is 2. The van der Waals surface area contributed by atoms with Crippen LogP contribution in [0.25, 0.3) is 0 Å². The number of rotatable bonds is 7. The second-order valence-corrected chi connectivity index (χ2v) is 7.10. The highest BCUT2D eigenvalue weighted by Crippen LogP contribution is 2.33. The molecule has 1 heterocycles. The molecule has 0 radical (unpaired) electrons. The number of hydrogen-bond acceptors (Lipinski definition) is 5. The van der Waals surface area contributed by atoms with Gasteiger partial charge in [0.15, 0.2) is 6.61 Å². The van der Waals surface area contributed by atoms with Crippen molar-refractivity contribution in [3.8, 4) is 0 Å².